The topological polar surface area (TPSA) is 54.7 Å². The molecule has 2 aliphatic rings. The van der Waals surface area contributed by atoms with E-state index in [0.29, 0.717) is 6.61 Å². The van der Waals surface area contributed by atoms with E-state index in [4.69, 9.17) is 9.15 Å². The van der Waals surface area contributed by atoms with Crippen molar-refractivity contribution in [1.29, 1.82) is 0 Å². The zero-order valence-corrected chi connectivity index (χ0v) is 13.1. The molecular formula is C17H24N2O3. The van der Waals surface area contributed by atoms with Crippen LogP contribution in [-0.2, 0) is 11.3 Å². The summed E-state index contributed by atoms with van der Waals surface area (Å²) < 4.78 is 10.9. The molecule has 1 aromatic heterocycles. The monoisotopic (exact) mass is 304 g/mol. The van der Waals surface area contributed by atoms with Crippen LogP contribution >= 0.6 is 0 Å². The van der Waals surface area contributed by atoms with Crippen molar-refractivity contribution in [2.75, 3.05) is 13.7 Å². The summed E-state index contributed by atoms with van der Waals surface area (Å²) >= 11 is 0. The van der Waals surface area contributed by atoms with E-state index in [-0.39, 0.29) is 18.1 Å². The fraction of sp³-hybridized carbons (Fsp3) is 0.588. The molecule has 1 saturated heterocycles. The largest absolute Gasteiger partial charge is 0.461 e. The molecule has 120 valence electrons. The van der Waals surface area contributed by atoms with Crippen molar-refractivity contribution in [3.05, 3.63) is 35.8 Å². The first-order chi connectivity index (χ1) is 10.8. The van der Waals surface area contributed by atoms with E-state index in [1.54, 1.807) is 7.11 Å². The van der Waals surface area contributed by atoms with Gasteiger partial charge in [0, 0.05) is 19.7 Å². The van der Waals surface area contributed by atoms with Crippen molar-refractivity contribution in [3.8, 4) is 0 Å². The number of allylic oxidation sites excluding steroid dienone is 1. The van der Waals surface area contributed by atoms with Gasteiger partial charge in [0.15, 0.2) is 0 Å². The lowest BCUT2D eigenvalue weighted by Crippen LogP contribution is -2.44. The highest BCUT2D eigenvalue weighted by atomic mass is 16.5. The third-order valence-corrected chi connectivity index (χ3v) is 4.37. The fourth-order valence-electron chi connectivity index (χ4n) is 3.27. The number of carbonyl (C=O) groups excluding carboxylic acids is 1. The van der Waals surface area contributed by atoms with Crippen LogP contribution in [0.1, 0.15) is 49.7 Å². The molecule has 1 aliphatic carbocycles. The average Bonchev–Trinajstić information content (AvgIpc) is 3.17. The molecule has 0 aromatic carbocycles. The molecule has 5 heteroatoms. The average molecular weight is 304 g/mol. The molecule has 1 aliphatic heterocycles. The first-order valence-electron chi connectivity index (χ1n) is 8.09. The molecule has 22 heavy (non-hydrogen) atoms. The maximum Gasteiger partial charge on any atom is 0.318 e. The number of hydrogen-bond acceptors (Lipinski definition) is 3. The van der Waals surface area contributed by atoms with Gasteiger partial charge >= 0.3 is 6.03 Å². The van der Waals surface area contributed by atoms with Gasteiger partial charge in [-0.2, -0.15) is 0 Å². The van der Waals surface area contributed by atoms with E-state index in [9.17, 15) is 4.79 Å². The summed E-state index contributed by atoms with van der Waals surface area (Å²) in [4.78, 5) is 14.4. The van der Waals surface area contributed by atoms with E-state index in [1.165, 1.54) is 0 Å². The Morgan fingerprint density at radius 1 is 1.41 bits per heavy atom. The Morgan fingerprint density at radius 2 is 2.32 bits per heavy atom. The second-order valence-electron chi connectivity index (χ2n) is 6.00. The van der Waals surface area contributed by atoms with Crippen molar-refractivity contribution >= 4 is 6.03 Å². The predicted molar refractivity (Wildman–Crippen MR) is 83.4 cm³/mol. The third-order valence-electron chi connectivity index (χ3n) is 4.37. The number of likely N-dealkylation sites (tertiary alicyclic amines) is 1. The predicted octanol–water partition coefficient (Wildman–Crippen LogP) is 3.38. The first kappa shape index (κ1) is 15.2. The number of nitrogens with one attached hydrogen (secondary N) is 1. The lowest BCUT2D eigenvalue weighted by atomic mass is 10.0. The van der Waals surface area contributed by atoms with Gasteiger partial charge in [-0.25, -0.2) is 4.79 Å². The van der Waals surface area contributed by atoms with Crippen molar-refractivity contribution in [2.24, 2.45) is 0 Å². The maximum atomic E-state index is 12.5. The van der Waals surface area contributed by atoms with Gasteiger partial charge in [0.05, 0.1) is 6.04 Å². The highest BCUT2D eigenvalue weighted by Gasteiger charge is 2.32. The van der Waals surface area contributed by atoms with Gasteiger partial charge in [-0.05, 0) is 44.2 Å². The Bertz CT molecular complexity index is 538. The smallest absolute Gasteiger partial charge is 0.318 e. The Morgan fingerprint density at radius 3 is 3.09 bits per heavy atom. The molecule has 5 nitrogen and oxygen atoms in total. The molecule has 0 saturated carbocycles. The summed E-state index contributed by atoms with van der Waals surface area (Å²) in [5, 5.41) is 3.13. The van der Waals surface area contributed by atoms with E-state index >= 15 is 0 Å². The van der Waals surface area contributed by atoms with Crippen LogP contribution in [0.25, 0.3) is 0 Å². The summed E-state index contributed by atoms with van der Waals surface area (Å²) in [6, 6.07) is 4.12. The summed E-state index contributed by atoms with van der Waals surface area (Å²) in [5.41, 5.74) is 0. The molecule has 1 aromatic rings. The lowest BCUT2D eigenvalue weighted by molar-refractivity contribution is 0.155. The van der Waals surface area contributed by atoms with Crippen LogP contribution in [0.5, 0.6) is 0 Å². The summed E-state index contributed by atoms with van der Waals surface area (Å²) in [7, 11) is 1.65. The van der Waals surface area contributed by atoms with Crippen molar-refractivity contribution in [1.82, 2.24) is 10.2 Å². The molecule has 0 unspecified atom stereocenters. The van der Waals surface area contributed by atoms with Crippen LogP contribution in [0.3, 0.4) is 0 Å². The minimum absolute atomic E-state index is 0.0174. The van der Waals surface area contributed by atoms with Gasteiger partial charge in [0.25, 0.3) is 0 Å². The fourth-order valence-corrected chi connectivity index (χ4v) is 3.27. The molecule has 0 bridgehead atoms. The molecule has 2 heterocycles. The minimum atomic E-state index is 0.0174. The van der Waals surface area contributed by atoms with Crippen LogP contribution in [-0.4, -0.2) is 30.6 Å². The Labute approximate surface area is 131 Å². The van der Waals surface area contributed by atoms with Crippen LogP contribution in [0, 0.1) is 0 Å². The number of ether oxygens (including phenoxy) is 1. The molecule has 0 radical (unpaired) electrons. The van der Waals surface area contributed by atoms with Crippen LogP contribution < -0.4 is 5.32 Å². The molecule has 1 fully saturated rings. The number of rotatable bonds is 4. The molecule has 3 rings (SSSR count). The van der Waals surface area contributed by atoms with Gasteiger partial charge < -0.3 is 19.4 Å². The molecular weight excluding hydrogens is 280 g/mol. The Balaban J connectivity index is 1.65. The quantitative estimate of drug-likeness (QED) is 0.868. The Hall–Kier alpha value is -1.75. The number of amides is 2. The zero-order valence-electron chi connectivity index (χ0n) is 13.1. The van der Waals surface area contributed by atoms with Crippen LogP contribution in [0.4, 0.5) is 4.79 Å². The minimum Gasteiger partial charge on any atom is -0.461 e. The SMILES string of the molecule is COCc1ccc([C@@H]2CCCN2C(=O)N[C@H]2C=CCCC2)o1. The summed E-state index contributed by atoms with van der Waals surface area (Å²) in [6.07, 6.45) is 9.51. The van der Waals surface area contributed by atoms with Crippen LogP contribution in [0.2, 0.25) is 0 Å². The Kier molecular flexibility index (Phi) is 4.83. The number of methoxy groups -OCH3 is 1. The molecule has 2 amide bonds. The van der Waals surface area contributed by atoms with Crippen LogP contribution in [0.15, 0.2) is 28.7 Å². The molecule has 2 atom stereocenters. The number of nitrogens with zero attached hydrogens (tertiary/aromatic N) is 1. The third kappa shape index (κ3) is 3.35. The standard InChI is InChI=1S/C17H24N2O3/c1-21-12-14-9-10-16(22-14)15-8-5-11-19(15)17(20)18-13-6-3-2-4-7-13/h3,6,9-10,13,15H,2,4-5,7-8,11-12H2,1H3,(H,18,20)/t13-,15-/m0/s1. The lowest BCUT2D eigenvalue weighted by Gasteiger charge is -2.26. The highest BCUT2D eigenvalue weighted by Crippen LogP contribution is 2.33. The van der Waals surface area contributed by atoms with Gasteiger partial charge in [-0.3, -0.25) is 0 Å². The maximum absolute atomic E-state index is 12.5. The van der Waals surface area contributed by atoms with Gasteiger partial charge in [-0.1, -0.05) is 12.2 Å². The number of carbonyl (C=O) groups is 1. The van der Waals surface area contributed by atoms with Crippen molar-refractivity contribution in [3.63, 3.8) is 0 Å². The van der Waals surface area contributed by atoms with E-state index in [2.05, 4.69) is 17.5 Å². The number of urea groups is 1. The zero-order chi connectivity index (χ0) is 15.4. The summed E-state index contributed by atoms with van der Waals surface area (Å²) in [5.74, 6) is 1.67. The second kappa shape index (κ2) is 7.01. The highest BCUT2D eigenvalue weighted by molar-refractivity contribution is 5.75. The first-order valence-corrected chi connectivity index (χ1v) is 8.09. The van der Waals surface area contributed by atoms with E-state index < -0.39 is 0 Å². The molecule has 1 N–H and O–H groups in total. The number of hydrogen-bond donors (Lipinski definition) is 1. The second-order valence-corrected chi connectivity index (χ2v) is 6.00. The summed E-state index contributed by atoms with van der Waals surface area (Å²) in [6.45, 7) is 1.25. The normalized spacial score (nSPS) is 24.7. The van der Waals surface area contributed by atoms with E-state index in [0.717, 1.165) is 50.2 Å². The van der Waals surface area contributed by atoms with Gasteiger partial charge in [0.1, 0.15) is 18.1 Å². The molecule has 0 spiro atoms. The van der Waals surface area contributed by atoms with Gasteiger partial charge in [-0.15, -0.1) is 0 Å². The van der Waals surface area contributed by atoms with Crippen molar-refractivity contribution in [2.45, 2.75) is 50.8 Å². The number of furan rings is 1. The van der Waals surface area contributed by atoms with E-state index in [1.807, 2.05) is 17.0 Å². The van der Waals surface area contributed by atoms with Crippen molar-refractivity contribution < 1.29 is 13.9 Å². The van der Waals surface area contributed by atoms with Gasteiger partial charge in [0.2, 0.25) is 0 Å².